The van der Waals surface area contributed by atoms with Crippen LogP contribution >= 0.6 is 0 Å². The Kier molecular flexibility index (Phi) is 4.52. The highest BCUT2D eigenvalue weighted by Crippen LogP contribution is 2.20. The third kappa shape index (κ3) is 4.17. The second kappa shape index (κ2) is 6.02. The number of pyridine rings is 1. The molecule has 0 saturated carbocycles. The minimum atomic E-state index is 0.0937. The lowest BCUT2D eigenvalue weighted by molar-refractivity contribution is -0.129. The number of amides is 1. The molecule has 0 bridgehead atoms. The van der Waals surface area contributed by atoms with Gasteiger partial charge in [-0.05, 0) is 44.9 Å². The minimum absolute atomic E-state index is 0.0937. The first kappa shape index (κ1) is 15.8. The fraction of sp³-hybridized carbons (Fsp3) is 0.625. The average molecular weight is 290 g/mol. The van der Waals surface area contributed by atoms with Crippen LogP contribution in [0.1, 0.15) is 31.9 Å². The summed E-state index contributed by atoms with van der Waals surface area (Å²) in [7, 11) is 1.85. The van der Waals surface area contributed by atoms with Crippen molar-refractivity contribution in [3.05, 3.63) is 23.4 Å². The topological polar surface area (TPSA) is 48.5 Å². The normalized spacial score (nSPS) is 16.5. The number of anilines is 1. The largest absolute Gasteiger partial charge is 0.345 e. The number of nitrogens with one attached hydrogen (secondary N) is 1. The molecular formula is C16H26N4O. The van der Waals surface area contributed by atoms with Crippen LogP contribution in [0.15, 0.2) is 12.3 Å². The van der Waals surface area contributed by atoms with Crippen molar-refractivity contribution < 1.29 is 4.79 Å². The molecule has 5 nitrogen and oxygen atoms in total. The van der Waals surface area contributed by atoms with E-state index in [9.17, 15) is 4.79 Å². The van der Waals surface area contributed by atoms with Gasteiger partial charge in [-0.25, -0.2) is 4.98 Å². The molecule has 2 heterocycles. The highest BCUT2D eigenvalue weighted by atomic mass is 16.2. The molecule has 1 amide bonds. The van der Waals surface area contributed by atoms with Crippen molar-refractivity contribution in [2.75, 3.05) is 31.6 Å². The van der Waals surface area contributed by atoms with Crippen molar-refractivity contribution in [3.63, 3.8) is 0 Å². The van der Waals surface area contributed by atoms with E-state index in [2.05, 4.69) is 49.0 Å². The summed E-state index contributed by atoms with van der Waals surface area (Å²) in [6, 6.07) is 2.16. The number of likely N-dealkylation sites (N-methyl/N-ethyl adjacent to an activating group) is 1. The lowest BCUT2D eigenvalue weighted by Gasteiger charge is -2.33. The average Bonchev–Trinajstić information content (AvgIpc) is 2.39. The summed E-state index contributed by atoms with van der Waals surface area (Å²) in [6.07, 6.45) is 1.91. The Hall–Kier alpha value is -1.62. The summed E-state index contributed by atoms with van der Waals surface area (Å²) in [4.78, 5) is 20.2. The van der Waals surface area contributed by atoms with E-state index in [1.165, 1.54) is 5.56 Å². The molecule has 0 atom stereocenters. The second-order valence-corrected chi connectivity index (χ2v) is 6.82. The molecule has 0 spiro atoms. The summed E-state index contributed by atoms with van der Waals surface area (Å²) < 4.78 is 0. The van der Waals surface area contributed by atoms with Crippen LogP contribution in [-0.2, 0) is 11.3 Å². The molecule has 21 heavy (non-hydrogen) atoms. The maximum absolute atomic E-state index is 11.8. The van der Waals surface area contributed by atoms with Gasteiger partial charge in [0.05, 0.1) is 6.54 Å². The molecule has 1 aliphatic heterocycles. The predicted molar refractivity (Wildman–Crippen MR) is 85.4 cm³/mol. The molecule has 1 saturated heterocycles. The van der Waals surface area contributed by atoms with Crippen molar-refractivity contribution in [3.8, 4) is 0 Å². The fourth-order valence-electron chi connectivity index (χ4n) is 2.36. The molecule has 1 aromatic rings. The standard InChI is InChI=1S/C16H26N4O/c1-12-8-13(10-18-16(2,3)4)9-17-15(12)20-7-6-19(5)14(21)11-20/h8-9,18H,6-7,10-11H2,1-5H3. The highest BCUT2D eigenvalue weighted by molar-refractivity contribution is 5.82. The fourth-order valence-corrected chi connectivity index (χ4v) is 2.36. The van der Waals surface area contributed by atoms with Crippen LogP contribution in [0.25, 0.3) is 0 Å². The van der Waals surface area contributed by atoms with E-state index in [1.54, 1.807) is 4.90 Å². The summed E-state index contributed by atoms with van der Waals surface area (Å²) in [5.41, 5.74) is 2.39. The Morgan fingerprint density at radius 1 is 1.33 bits per heavy atom. The summed E-state index contributed by atoms with van der Waals surface area (Å²) >= 11 is 0. The van der Waals surface area contributed by atoms with E-state index in [4.69, 9.17) is 0 Å². The molecule has 0 radical (unpaired) electrons. The van der Waals surface area contributed by atoms with Crippen LogP contribution in [0.3, 0.4) is 0 Å². The SMILES string of the molecule is Cc1cc(CNC(C)(C)C)cnc1N1CCN(C)C(=O)C1. The van der Waals surface area contributed by atoms with Crippen LogP contribution in [0.5, 0.6) is 0 Å². The first-order chi connectivity index (χ1) is 9.76. The lowest BCUT2D eigenvalue weighted by Crippen LogP contribution is -2.49. The predicted octanol–water partition coefficient (Wildman–Crippen LogP) is 1.56. The molecule has 0 aliphatic carbocycles. The van der Waals surface area contributed by atoms with Gasteiger partial charge in [-0.15, -0.1) is 0 Å². The third-order valence-corrected chi connectivity index (χ3v) is 3.69. The Labute approximate surface area is 127 Å². The molecule has 1 fully saturated rings. The monoisotopic (exact) mass is 290 g/mol. The van der Waals surface area contributed by atoms with Crippen molar-refractivity contribution >= 4 is 11.7 Å². The van der Waals surface area contributed by atoms with Crippen molar-refractivity contribution in [2.24, 2.45) is 0 Å². The molecule has 1 N–H and O–H groups in total. The molecule has 0 aromatic carbocycles. The number of piperazine rings is 1. The van der Waals surface area contributed by atoms with Crippen LogP contribution in [0.4, 0.5) is 5.82 Å². The number of hydrogen-bond acceptors (Lipinski definition) is 4. The number of aryl methyl sites for hydroxylation is 1. The van der Waals surface area contributed by atoms with Crippen molar-refractivity contribution in [1.82, 2.24) is 15.2 Å². The van der Waals surface area contributed by atoms with Gasteiger partial charge >= 0.3 is 0 Å². The van der Waals surface area contributed by atoms with Crippen molar-refractivity contribution in [2.45, 2.75) is 39.8 Å². The van der Waals surface area contributed by atoms with E-state index in [0.29, 0.717) is 6.54 Å². The van der Waals surface area contributed by atoms with Gasteiger partial charge in [-0.3, -0.25) is 4.79 Å². The molecule has 1 aliphatic rings. The van der Waals surface area contributed by atoms with Crippen LogP contribution < -0.4 is 10.2 Å². The lowest BCUT2D eigenvalue weighted by atomic mass is 10.1. The van der Waals surface area contributed by atoms with Crippen molar-refractivity contribution in [1.29, 1.82) is 0 Å². The van der Waals surface area contributed by atoms with Gasteiger partial charge in [0.2, 0.25) is 5.91 Å². The number of aromatic nitrogens is 1. The molecule has 5 heteroatoms. The van der Waals surface area contributed by atoms with Crippen LogP contribution in [-0.4, -0.2) is 48.0 Å². The Morgan fingerprint density at radius 3 is 2.62 bits per heavy atom. The zero-order chi connectivity index (χ0) is 15.6. The highest BCUT2D eigenvalue weighted by Gasteiger charge is 2.23. The first-order valence-corrected chi connectivity index (χ1v) is 7.46. The van der Waals surface area contributed by atoms with E-state index in [-0.39, 0.29) is 11.4 Å². The Bertz CT molecular complexity index is 521. The van der Waals surface area contributed by atoms with Crippen LogP contribution in [0.2, 0.25) is 0 Å². The van der Waals surface area contributed by atoms with E-state index >= 15 is 0 Å². The Morgan fingerprint density at radius 2 is 2.05 bits per heavy atom. The maximum atomic E-state index is 11.8. The van der Waals surface area contributed by atoms with E-state index < -0.39 is 0 Å². The minimum Gasteiger partial charge on any atom is -0.345 e. The first-order valence-electron chi connectivity index (χ1n) is 7.46. The van der Waals surface area contributed by atoms with Gasteiger partial charge in [0.25, 0.3) is 0 Å². The van der Waals surface area contributed by atoms with E-state index in [1.807, 2.05) is 13.2 Å². The second-order valence-electron chi connectivity index (χ2n) is 6.82. The number of carbonyl (C=O) groups excluding carboxylic acids is 1. The van der Waals surface area contributed by atoms with Gasteiger partial charge in [0.1, 0.15) is 5.82 Å². The zero-order valence-corrected chi connectivity index (χ0v) is 13.7. The van der Waals surface area contributed by atoms with Gasteiger partial charge in [0.15, 0.2) is 0 Å². The maximum Gasteiger partial charge on any atom is 0.241 e. The van der Waals surface area contributed by atoms with Gasteiger partial charge in [-0.2, -0.15) is 0 Å². The van der Waals surface area contributed by atoms with Gasteiger partial charge < -0.3 is 15.1 Å². The van der Waals surface area contributed by atoms with E-state index in [0.717, 1.165) is 31.0 Å². The van der Waals surface area contributed by atoms with Crippen LogP contribution in [0, 0.1) is 6.92 Å². The third-order valence-electron chi connectivity index (χ3n) is 3.69. The quantitative estimate of drug-likeness (QED) is 0.918. The molecule has 2 rings (SSSR count). The molecule has 116 valence electrons. The number of nitrogens with zero attached hydrogens (tertiary/aromatic N) is 3. The Balaban J connectivity index is 2.07. The molecule has 0 unspecified atom stereocenters. The molecule has 1 aromatic heterocycles. The molecular weight excluding hydrogens is 264 g/mol. The zero-order valence-electron chi connectivity index (χ0n) is 13.7. The number of hydrogen-bond donors (Lipinski definition) is 1. The van der Waals surface area contributed by atoms with Gasteiger partial charge in [0, 0.05) is 38.4 Å². The van der Waals surface area contributed by atoms with Gasteiger partial charge in [-0.1, -0.05) is 0 Å². The summed E-state index contributed by atoms with van der Waals surface area (Å²) in [5.74, 6) is 1.08. The smallest absolute Gasteiger partial charge is 0.241 e. The number of rotatable bonds is 3. The number of carbonyl (C=O) groups is 1. The summed E-state index contributed by atoms with van der Waals surface area (Å²) in [6.45, 7) is 11.3. The summed E-state index contributed by atoms with van der Waals surface area (Å²) in [5, 5.41) is 3.46.